The maximum atomic E-state index is 5.82. The summed E-state index contributed by atoms with van der Waals surface area (Å²) in [5.41, 5.74) is 2.00. The summed E-state index contributed by atoms with van der Waals surface area (Å²) in [7, 11) is 0. The monoisotopic (exact) mass is 202 g/mol. The lowest BCUT2D eigenvalue weighted by Crippen LogP contribution is -2.04. The van der Waals surface area contributed by atoms with Gasteiger partial charge in [0.1, 0.15) is 0 Å². The van der Waals surface area contributed by atoms with Crippen LogP contribution in [0.25, 0.3) is 0 Å². The first-order valence-electron chi connectivity index (χ1n) is 3.60. The maximum absolute atomic E-state index is 5.82. The highest BCUT2D eigenvalue weighted by atomic mass is 35.5. The summed E-state index contributed by atoms with van der Waals surface area (Å²) in [4.78, 5) is 0. The Kier molecular flexibility index (Phi) is 3.23. The van der Waals surface area contributed by atoms with Crippen LogP contribution >= 0.6 is 24.2 Å². The van der Waals surface area contributed by atoms with E-state index in [1.165, 1.54) is 0 Å². The van der Waals surface area contributed by atoms with Crippen LogP contribution in [0.15, 0.2) is 18.3 Å². The van der Waals surface area contributed by atoms with Crippen LogP contribution in [0.1, 0.15) is 5.69 Å². The predicted molar refractivity (Wildman–Crippen MR) is 55.0 cm³/mol. The van der Waals surface area contributed by atoms with Crippen LogP contribution in [0.3, 0.4) is 0 Å². The molecule has 0 bridgehead atoms. The molecule has 66 valence electrons. The Morgan fingerprint density at radius 1 is 1.83 bits per heavy atom. The van der Waals surface area contributed by atoms with Gasteiger partial charge in [-0.1, -0.05) is 18.2 Å². The molecule has 0 aliphatic heterocycles. The van der Waals surface area contributed by atoms with Gasteiger partial charge in [-0.3, -0.25) is 4.68 Å². The van der Waals surface area contributed by atoms with Crippen LogP contribution < -0.4 is 0 Å². The average molecular weight is 203 g/mol. The molecule has 0 unspecified atom stereocenters. The Bertz CT molecular complexity index is 293. The third-order valence-corrected chi connectivity index (χ3v) is 2.46. The third kappa shape index (κ3) is 2.05. The van der Waals surface area contributed by atoms with Crippen LogP contribution in [-0.2, 0) is 6.54 Å². The zero-order valence-electron chi connectivity index (χ0n) is 6.92. The van der Waals surface area contributed by atoms with Crippen molar-refractivity contribution in [3.05, 3.63) is 29.1 Å². The van der Waals surface area contributed by atoms with Gasteiger partial charge in [0.25, 0.3) is 0 Å². The summed E-state index contributed by atoms with van der Waals surface area (Å²) in [5.74, 6) is 0.677. The second-order valence-corrected chi connectivity index (χ2v) is 3.37. The van der Waals surface area contributed by atoms with Gasteiger partial charge < -0.3 is 0 Å². The molecule has 0 aromatic carbocycles. The first-order valence-corrected chi connectivity index (χ1v) is 4.61. The molecule has 12 heavy (non-hydrogen) atoms. The number of thiol groups is 1. The first-order chi connectivity index (χ1) is 5.65. The maximum Gasteiger partial charge on any atom is 0.0815 e. The summed E-state index contributed by atoms with van der Waals surface area (Å²) in [6.45, 7) is 6.47. The molecule has 0 aliphatic rings. The summed E-state index contributed by atoms with van der Waals surface area (Å²) in [6, 6.07) is 0. The second kappa shape index (κ2) is 4.01. The first kappa shape index (κ1) is 9.68. The molecular formula is C8H11ClN2S. The van der Waals surface area contributed by atoms with E-state index in [0.717, 1.165) is 11.3 Å². The molecule has 0 saturated heterocycles. The Morgan fingerprint density at radius 3 is 2.92 bits per heavy atom. The lowest BCUT2D eigenvalue weighted by molar-refractivity contribution is 0.659. The van der Waals surface area contributed by atoms with Crippen LogP contribution in [0.4, 0.5) is 0 Å². The number of rotatable bonds is 3. The van der Waals surface area contributed by atoms with Crippen LogP contribution in [-0.4, -0.2) is 15.5 Å². The highest BCUT2D eigenvalue weighted by molar-refractivity contribution is 7.80. The summed E-state index contributed by atoms with van der Waals surface area (Å²) in [6.07, 6.45) is 1.64. The number of hydrogen-bond acceptors (Lipinski definition) is 2. The van der Waals surface area contributed by atoms with Crippen molar-refractivity contribution < 1.29 is 0 Å². The van der Waals surface area contributed by atoms with E-state index in [-0.39, 0.29) is 0 Å². The van der Waals surface area contributed by atoms with Crippen LogP contribution in [0.5, 0.6) is 0 Å². The van der Waals surface area contributed by atoms with E-state index in [0.29, 0.717) is 17.3 Å². The van der Waals surface area contributed by atoms with Crippen molar-refractivity contribution in [1.29, 1.82) is 0 Å². The average Bonchev–Trinajstić information content (AvgIpc) is 2.36. The van der Waals surface area contributed by atoms with Crippen molar-refractivity contribution in [1.82, 2.24) is 9.78 Å². The number of hydrogen-bond donors (Lipinski definition) is 1. The van der Waals surface area contributed by atoms with E-state index in [2.05, 4.69) is 24.3 Å². The number of nitrogens with zero attached hydrogens (tertiary/aromatic N) is 2. The Balaban J connectivity index is 2.76. The topological polar surface area (TPSA) is 17.8 Å². The predicted octanol–water partition coefficient (Wildman–Crippen LogP) is 2.33. The van der Waals surface area contributed by atoms with Crippen molar-refractivity contribution >= 4 is 24.2 Å². The zero-order chi connectivity index (χ0) is 9.14. The molecule has 1 aromatic rings. The van der Waals surface area contributed by atoms with Gasteiger partial charge >= 0.3 is 0 Å². The smallest absolute Gasteiger partial charge is 0.0815 e. The van der Waals surface area contributed by atoms with Crippen molar-refractivity contribution in [2.24, 2.45) is 0 Å². The fourth-order valence-corrected chi connectivity index (χ4v) is 1.09. The number of aromatic nitrogens is 2. The van der Waals surface area contributed by atoms with Gasteiger partial charge in [-0.25, -0.2) is 0 Å². The van der Waals surface area contributed by atoms with E-state index in [4.69, 9.17) is 11.6 Å². The fraction of sp³-hybridized carbons (Fsp3) is 0.375. The molecular weight excluding hydrogens is 192 g/mol. The Labute approximate surface area is 82.6 Å². The van der Waals surface area contributed by atoms with Crippen LogP contribution in [0.2, 0.25) is 5.02 Å². The summed E-state index contributed by atoms with van der Waals surface area (Å²) in [5, 5.41) is 4.79. The van der Waals surface area contributed by atoms with Crippen molar-refractivity contribution in [3.8, 4) is 0 Å². The quantitative estimate of drug-likeness (QED) is 0.589. The molecule has 0 fully saturated rings. The molecule has 0 radical (unpaired) electrons. The molecule has 0 saturated carbocycles. The molecule has 0 aliphatic carbocycles. The molecule has 2 nitrogen and oxygen atoms in total. The molecule has 1 rings (SSSR count). The molecule has 0 N–H and O–H groups in total. The zero-order valence-corrected chi connectivity index (χ0v) is 8.57. The van der Waals surface area contributed by atoms with E-state index in [1.54, 1.807) is 6.20 Å². The number of halogens is 1. The van der Waals surface area contributed by atoms with Gasteiger partial charge in [0.05, 0.1) is 23.5 Å². The van der Waals surface area contributed by atoms with Gasteiger partial charge in [0, 0.05) is 5.75 Å². The standard InChI is InChI=1S/C8H11ClN2S/c1-6(5-12)4-11-7(2)8(9)3-10-11/h3,12H,1,4-5H2,2H3. The molecule has 0 amide bonds. The highest BCUT2D eigenvalue weighted by Gasteiger charge is 2.03. The second-order valence-electron chi connectivity index (χ2n) is 2.64. The van der Waals surface area contributed by atoms with Gasteiger partial charge in [-0.2, -0.15) is 17.7 Å². The van der Waals surface area contributed by atoms with Crippen molar-refractivity contribution in [3.63, 3.8) is 0 Å². The van der Waals surface area contributed by atoms with Crippen molar-refractivity contribution in [2.45, 2.75) is 13.5 Å². The largest absolute Gasteiger partial charge is 0.264 e. The van der Waals surface area contributed by atoms with Crippen LogP contribution in [0, 0.1) is 6.92 Å². The van der Waals surface area contributed by atoms with Crippen molar-refractivity contribution in [2.75, 3.05) is 5.75 Å². The highest BCUT2D eigenvalue weighted by Crippen LogP contribution is 2.14. The lowest BCUT2D eigenvalue weighted by atomic mass is 10.3. The Hall–Kier alpha value is -0.410. The molecule has 4 heteroatoms. The normalized spacial score (nSPS) is 10.2. The van der Waals surface area contributed by atoms with E-state index >= 15 is 0 Å². The van der Waals surface area contributed by atoms with Gasteiger partial charge in [-0.05, 0) is 12.5 Å². The fourth-order valence-electron chi connectivity index (χ4n) is 0.845. The summed E-state index contributed by atoms with van der Waals surface area (Å²) >= 11 is 9.94. The van der Waals surface area contributed by atoms with Gasteiger partial charge in [-0.15, -0.1) is 0 Å². The van der Waals surface area contributed by atoms with E-state index in [1.807, 2.05) is 11.6 Å². The molecule has 1 heterocycles. The molecule has 1 aromatic heterocycles. The minimum Gasteiger partial charge on any atom is -0.264 e. The molecule has 0 spiro atoms. The molecule has 0 atom stereocenters. The van der Waals surface area contributed by atoms with E-state index < -0.39 is 0 Å². The third-order valence-electron chi connectivity index (χ3n) is 1.64. The minimum atomic E-state index is 0.677. The lowest BCUT2D eigenvalue weighted by Gasteiger charge is -2.04. The minimum absolute atomic E-state index is 0.677. The van der Waals surface area contributed by atoms with E-state index in [9.17, 15) is 0 Å². The SMILES string of the molecule is C=C(CS)Cn1ncc(Cl)c1C. The Morgan fingerprint density at radius 2 is 2.50 bits per heavy atom. The van der Waals surface area contributed by atoms with Gasteiger partial charge in [0.2, 0.25) is 0 Å². The van der Waals surface area contributed by atoms with Gasteiger partial charge in [0.15, 0.2) is 0 Å². The summed E-state index contributed by atoms with van der Waals surface area (Å²) < 4.78 is 1.82.